The smallest absolute Gasteiger partial charge is 0.344 e. The molecule has 0 fully saturated rings. The molecule has 0 aliphatic heterocycles. The quantitative estimate of drug-likeness (QED) is 0.302. The Morgan fingerprint density at radius 3 is 1.29 bits per heavy atom. The third-order valence-corrected chi connectivity index (χ3v) is 5.35. The molecule has 2 nitrogen and oxygen atoms in total. The van der Waals surface area contributed by atoms with Gasteiger partial charge in [-0.25, -0.2) is 0 Å². The van der Waals surface area contributed by atoms with Crippen molar-refractivity contribution in [2.24, 2.45) is 0 Å². The van der Waals surface area contributed by atoms with Crippen molar-refractivity contribution in [3.8, 4) is 11.5 Å². The number of rotatable bonds is 8. The van der Waals surface area contributed by atoms with E-state index in [1.54, 1.807) is 26.0 Å². The highest BCUT2D eigenvalue weighted by molar-refractivity contribution is 5.50. The van der Waals surface area contributed by atoms with Crippen LogP contribution in [0.3, 0.4) is 0 Å². The molecular formula is C23H22F6O2. The van der Waals surface area contributed by atoms with E-state index in [2.05, 4.69) is 9.47 Å². The van der Waals surface area contributed by atoms with Gasteiger partial charge in [0.1, 0.15) is 11.5 Å². The minimum Gasteiger partial charge on any atom is -0.428 e. The van der Waals surface area contributed by atoms with Gasteiger partial charge in [0.05, 0.1) is 0 Å². The summed E-state index contributed by atoms with van der Waals surface area (Å²) in [5.74, 6) is -0.132. The van der Waals surface area contributed by atoms with Gasteiger partial charge < -0.3 is 9.47 Å². The summed E-state index contributed by atoms with van der Waals surface area (Å²) >= 11 is 0. The molecule has 2 aromatic carbocycles. The lowest BCUT2D eigenvalue weighted by Crippen LogP contribution is -2.28. The summed E-state index contributed by atoms with van der Waals surface area (Å²) in [4.78, 5) is 0. The second-order valence-electron chi connectivity index (χ2n) is 7.02. The molecule has 8 heteroatoms. The van der Waals surface area contributed by atoms with Gasteiger partial charge in [0, 0.05) is 5.41 Å². The van der Waals surface area contributed by atoms with Crippen LogP contribution in [0.15, 0.2) is 60.6 Å². The molecule has 0 radical (unpaired) electrons. The third-order valence-electron chi connectivity index (χ3n) is 5.35. The van der Waals surface area contributed by atoms with Gasteiger partial charge >= 0.3 is 24.2 Å². The van der Waals surface area contributed by atoms with Crippen LogP contribution in [0.25, 0.3) is 0 Å². The number of hydrogen-bond donors (Lipinski definition) is 0. The number of halogens is 6. The molecule has 0 amide bonds. The Balaban J connectivity index is 2.51. The van der Waals surface area contributed by atoms with Crippen LogP contribution in [0.1, 0.15) is 48.9 Å². The Bertz CT molecular complexity index is 924. The number of hydrogen-bond acceptors (Lipinski definition) is 2. The maximum absolute atomic E-state index is 13.1. The zero-order chi connectivity index (χ0) is 23.3. The molecule has 168 valence electrons. The van der Waals surface area contributed by atoms with Crippen molar-refractivity contribution in [2.75, 3.05) is 0 Å². The van der Waals surface area contributed by atoms with E-state index >= 15 is 0 Å². The normalized spacial score (nSPS) is 11.2. The second kappa shape index (κ2) is 9.94. The van der Waals surface area contributed by atoms with Gasteiger partial charge in [0.15, 0.2) is 0 Å². The molecule has 0 saturated heterocycles. The lowest BCUT2D eigenvalue weighted by Gasteiger charge is -2.36. The summed E-state index contributed by atoms with van der Waals surface area (Å²) in [6.45, 7) is 7.46. The molecule has 0 heterocycles. The predicted octanol–water partition coefficient (Wildman–Crippen LogP) is 8.24. The Labute approximate surface area is 176 Å². The molecule has 0 aliphatic rings. The number of ether oxygens (including phenoxy) is 2. The van der Waals surface area contributed by atoms with Gasteiger partial charge in [0.2, 0.25) is 0 Å². The molecule has 0 saturated carbocycles. The average molecular weight is 444 g/mol. The highest BCUT2D eigenvalue weighted by Gasteiger charge is 2.33. The van der Waals surface area contributed by atoms with E-state index in [0.717, 1.165) is 11.1 Å². The van der Waals surface area contributed by atoms with Crippen molar-refractivity contribution in [2.45, 2.75) is 46.0 Å². The fourth-order valence-corrected chi connectivity index (χ4v) is 3.91. The minimum atomic E-state index is -2.55. The first-order valence-electron chi connectivity index (χ1n) is 9.55. The number of aryl methyl sites for hydroxylation is 2. The van der Waals surface area contributed by atoms with Crippen molar-refractivity contribution < 1.29 is 35.8 Å². The molecular weight excluding hydrogens is 422 g/mol. The fraction of sp³-hybridized carbons (Fsp3) is 0.304. The molecule has 0 aromatic heterocycles. The largest absolute Gasteiger partial charge is 0.428 e. The van der Waals surface area contributed by atoms with E-state index < -0.39 is 29.6 Å². The lowest BCUT2D eigenvalue weighted by molar-refractivity contribution is 0.241. The van der Waals surface area contributed by atoms with Gasteiger partial charge in [-0.2, -0.15) is 26.3 Å². The van der Waals surface area contributed by atoms with Crippen LogP contribution in [0.2, 0.25) is 0 Å². The molecule has 0 atom stereocenters. The monoisotopic (exact) mass is 444 g/mol. The molecule has 0 aliphatic carbocycles. The first kappa shape index (κ1) is 24.4. The zero-order valence-electron chi connectivity index (χ0n) is 17.5. The zero-order valence-corrected chi connectivity index (χ0v) is 17.5. The van der Waals surface area contributed by atoms with Crippen molar-refractivity contribution in [1.29, 1.82) is 0 Å². The average Bonchev–Trinajstić information content (AvgIpc) is 2.71. The van der Waals surface area contributed by atoms with Gasteiger partial charge in [0.25, 0.3) is 0 Å². The molecule has 31 heavy (non-hydrogen) atoms. The van der Waals surface area contributed by atoms with E-state index in [9.17, 15) is 26.3 Å². The van der Waals surface area contributed by atoms with Crippen LogP contribution in [-0.4, -0.2) is 0 Å². The van der Waals surface area contributed by atoms with Crippen LogP contribution in [0.4, 0.5) is 26.3 Å². The highest BCUT2D eigenvalue weighted by Crippen LogP contribution is 2.43. The van der Waals surface area contributed by atoms with Crippen molar-refractivity contribution in [1.82, 2.24) is 0 Å². The molecule has 2 rings (SSSR count). The Kier molecular flexibility index (Phi) is 7.81. The van der Waals surface area contributed by atoms with Crippen molar-refractivity contribution in [3.05, 3.63) is 82.8 Å². The highest BCUT2D eigenvalue weighted by atomic mass is 19.3. The summed E-state index contributed by atoms with van der Waals surface area (Å²) < 4.78 is 84.6. The molecule has 2 aromatic rings. The maximum atomic E-state index is 13.1. The summed E-state index contributed by atoms with van der Waals surface area (Å²) in [7, 11) is 0. The van der Waals surface area contributed by atoms with Crippen LogP contribution >= 0.6 is 0 Å². The second-order valence-corrected chi connectivity index (χ2v) is 7.02. The number of benzene rings is 2. The van der Waals surface area contributed by atoms with Crippen LogP contribution < -0.4 is 9.47 Å². The topological polar surface area (TPSA) is 18.5 Å². The molecule has 0 bridgehead atoms. The Morgan fingerprint density at radius 1 is 0.677 bits per heavy atom. The fourth-order valence-electron chi connectivity index (χ4n) is 3.91. The minimum absolute atomic E-state index is 0.0661. The van der Waals surface area contributed by atoms with Crippen molar-refractivity contribution >= 4 is 0 Å². The molecule has 0 unspecified atom stereocenters. The summed E-state index contributed by atoms with van der Waals surface area (Å²) in [5.41, 5.74) is 2.60. The van der Waals surface area contributed by atoms with Gasteiger partial charge in [-0.1, -0.05) is 26.0 Å². The molecule has 0 N–H and O–H groups in total. The summed E-state index contributed by atoms with van der Waals surface area (Å²) in [6, 6.07) is 5.20. The lowest BCUT2D eigenvalue weighted by atomic mass is 9.68. The van der Waals surface area contributed by atoms with E-state index in [4.69, 9.17) is 0 Å². The SMILES string of the molecule is CCC(CC)(c1ccc(OC(F)=C(F)F)cc1C)c1ccc(OC(F)=C(F)F)cc1C. The van der Waals surface area contributed by atoms with E-state index in [1.165, 1.54) is 24.3 Å². The maximum Gasteiger partial charge on any atom is 0.344 e. The van der Waals surface area contributed by atoms with E-state index in [-0.39, 0.29) is 11.5 Å². The summed E-state index contributed by atoms with van der Waals surface area (Å²) in [5, 5.41) is 0. The first-order chi connectivity index (χ1) is 14.5. The standard InChI is InChI=1S/C23H22F6O2/c1-5-23(6-2,17-9-7-15(11-13(17)3)30-21(28)19(24)25)18-10-8-16(12-14(18)4)31-22(29)20(26)27/h7-12H,5-6H2,1-4H3. The van der Waals surface area contributed by atoms with Gasteiger partial charge in [-0.3, -0.25) is 0 Å². The van der Waals surface area contributed by atoms with E-state index in [0.29, 0.717) is 24.0 Å². The molecule has 0 spiro atoms. The third kappa shape index (κ3) is 5.24. The van der Waals surface area contributed by atoms with Crippen LogP contribution in [0.5, 0.6) is 11.5 Å². The van der Waals surface area contributed by atoms with Gasteiger partial charge in [-0.05, 0) is 73.2 Å². The Hall–Kier alpha value is -2.90. The van der Waals surface area contributed by atoms with Crippen LogP contribution in [0, 0.1) is 13.8 Å². The van der Waals surface area contributed by atoms with E-state index in [1.807, 2.05) is 13.8 Å². The predicted molar refractivity (Wildman–Crippen MR) is 106 cm³/mol. The summed E-state index contributed by atoms with van der Waals surface area (Å²) in [6.07, 6.45) is -3.80. The Morgan fingerprint density at radius 2 is 1.03 bits per heavy atom. The van der Waals surface area contributed by atoms with Crippen molar-refractivity contribution in [3.63, 3.8) is 0 Å². The van der Waals surface area contributed by atoms with Crippen LogP contribution in [-0.2, 0) is 5.41 Å². The van der Waals surface area contributed by atoms with Gasteiger partial charge in [-0.15, -0.1) is 0 Å². The first-order valence-corrected chi connectivity index (χ1v) is 9.55.